The van der Waals surface area contributed by atoms with Gasteiger partial charge in [0.05, 0.1) is 25.7 Å². The molecule has 4 fully saturated rings. The van der Waals surface area contributed by atoms with E-state index in [4.69, 9.17) is 17.2 Å². The number of nitrogens with zero attached hydrogens (tertiary/aromatic N) is 4. The molecule has 38 heteroatoms. The molecule has 105 heavy (non-hydrogen) atoms. The number of carboxylic acids is 1. The molecule has 4 heterocycles. The van der Waals surface area contributed by atoms with E-state index >= 15 is 0 Å². The lowest BCUT2D eigenvalue weighted by molar-refractivity contribution is -0.149. The molecule has 0 saturated carbocycles. The van der Waals surface area contributed by atoms with Gasteiger partial charge in [-0.25, -0.2) is 0 Å². The van der Waals surface area contributed by atoms with Gasteiger partial charge < -0.3 is 106 Å². The Bertz CT molecular complexity index is 3260. The molecule has 0 aromatic heterocycles. The van der Waals surface area contributed by atoms with Crippen LogP contribution in [0.5, 0.6) is 0 Å². The molecule has 1 aromatic carbocycles. The van der Waals surface area contributed by atoms with Crippen LogP contribution in [0.3, 0.4) is 0 Å². The predicted octanol–water partition coefficient (Wildman–Crippen LogP) is -5.84. The van der Waals surface area contributed by atoms with Crippen molar-refractivity contribution in [3.63, 3.8) is 0 Å². The molecule has 36 nitrogen and oxygen atoms in total. The summed E-state index contributed by atoms with van der Waals surface area (Å²) in [5.74, 6) is -16.7. The molecule has 14 amide bonds. The third-order valence-electron chi connectivity index (χ3n) is 19.1. The van der Waals surface area contributed by atoms with Crippen LogP contribution in [0, 0.1) is 11.8 Å². The van der Waals surface area contributed by atoms with Gasteiger partial charge in [-0.3, -0.25) is 76.9 Å². The molecule has 0 spiro atoms. The van der Waals surface area contributed by atoms with E-state index in [1.807, 2.05) is 0 Å². The van der Waals surface area contributed by atoms with Crippen LogP contribution in [-0.4, -0.2) is 267 Å². The van der Waals surface area contributed by atoms with E-state index in [-0.39, 0.29) is 102 Å². The Morgan fingerprint density at radius 3 is 1.52 bits per heavy atom. The Labute approximate surface area is 620 Å². The van der Waals surface area contributed by atoms with Crippen LogP contribution < -0.4 is 75.7 Å². The first-order chi connectivity index (χ1) is 49.9. The quantitative estimate of drug-likeness (QED) is 0.0250. The monoisotopic (exact) mass is 1510 g/mol. The van der Waals surface area contributed by atoms with Gasteiger partial charge in [0.15, 0.2) is 5.96 Å². The number of benzene rings is 1. The molecule has 5 rings (SSSR count). The first kappa shape index (κ1) is 86.8. The minimum Gasteiger partial charge on any atom is -0.481 e. The van der Waals surface area contributed by atoms with Crippen LogP contribution in [0.25, 0.3) is 0 Å². The molecule has 0 radical (unpaired) electrons. The van der Waals surface area contributed by atoms with E-state index in [1.54, 1.807) is 58.0 Å². The number of unbranched alkanes of at least 4 members (excludes halogenated alkanes) is 1. The number of hydrogen-bond acceptors (Lipinski definition) is 21. The summed E-state index contributed by atoms with van der Waals surface area (Å²) >= 11 is 8.62. The minimum absolute atomic E-state index is 0.0129. The van der Waals surface area contributed by atoms with Crippen LogP contribution in [0.1, 0.15) is 130 Å². The Hall–Kier alpha value is -8.88. The van der Waals surface area contributed by atoms with Gasteiger partial charge in [0.1, 0.15) is 78.5 Å². The first-order valence-corrected chi connectivity index (χ1v) is 36.9. The van der Waals surface area contributed by atoms with E-state index in [0.29, 0.717) is 37.7 Å². The standard InChI is InChI=1S/C67H106N18O18S2/c1-6-35(3)51-62(99)79-44(33-104)58(95)76-42(29-38-17-9-8-10-18-38)64(101)83-26-14-21-46(83)60(97)75-41(30-50(89)90)54(91)72-31-49(88)73-39(20-13-25-71-67(69)70)55(92)78-45(34-105)59(96)82-53(37(5)87)63(100)74-40(19-11-12-24-68)56(93)77-43(32-86)57(94)81-52(36(4)7-2)66(103)85-28-16-23-48(85)65(102)84-27-15-22-47(84)61(98)80-51/h8-10,17-18,35-37,39-48,51-53,86-87,104-105H,6-7,11-16,19-34,68H2,1-5H3,(H,72,91)(H,73,88)(H,74,100)(H,75,97)(H,76,95)(H,77,93)(H,78,92)(H,79,99)(H,80,98)(H,81,94)(H,82,96)(H,89,90)(H4,69,70,71)/t35-,36-,37+,39-,40-,41-,42-,43-,44-,45-,46-,47-,48-,51-,52-,53-/m0/s1. The van der Waals surface area contributed by atoms with E-state index in [1.165, 1.54) is 9.80 Å². The number of aliphatic hydroxyl groups is 2. The molecule has 584 valence electrons. The first-order valence-electron chi connectivity index (χ1n) is 35.7. The summed E-state index contributed by atoms with van der Waals surface area (Å²) in [6.45, 7) is 6.28. The van der Waals surface area contributed by atoms with Crippen molar-refractivity contribution in [2.45, 2.75) is 216 Å². The molecular weight excluding hydrogens is 1410 g/mol. The second-order valence-corrected chi connectivity index (χ2v) is 27.5. The molecule has 4 aliphatic heterocycles. The van der Waals surface area contributed by atoms with E-state index in [2.05, 4.69) is 88.7 Å². The number of rotatable bonds is 20. The van der Waals surface area contributed by atoms with E-state index in [0.717, 1.165) is 11.8 Å². The summed E-state index contributed by atoms with van der Waals surface area (Å²) in [7, 11) is 0. The van der Waals surface area contributed by atoms with Crippen molar-refractivity contribution >= 4 is 120 Å². The minimum atomic E-state index is -1.87. The fourth-order valence-corrected chi connectivity index (χ4v) is 13.2. The molecule has 4 aliphatic rings. The van der Waals surface area contributed by atoms with Gasteiger partial charge >= 0.3 is 5.97 Å². The van der Waals surface area contributed by atoms with Gasteiger partial charge in [-0.15, -0.1) is 0 Å². The highest BCUT2D eigenvalue weighted by atomic mass is 32.1. The zero-order valence-corrected chi connectivity index (χ0v) is 61.8. The Morgan fingerprint density at radius 1 is 0.524 bits per heavy atom. The summed E-state index contributed by atoms with van der Waals surface area (Å²) in [6.07, 6.45) is -0.696. The van der Waals surface area contributed by atoms with E-state index in [9.17, 15) is 87.2 Å². The fourth-order valence-electron chi connectivity index (χ4n) is 12.7. The number of amides is 14. The molecular formula is C67H106N18O18S2. The summed E-state index contributed by atoms with van der Waals surface area (Å²) in [5, 5.41) is 59.1. The van der Waals surface area contributed by atoms with E-state index < -0.39 is 210 Å². The van der Waals surface area contributed by atoms with Crippen molar-refractivity contribution in [3.8, 4) is 0 Å². The zero-order valence-electron chi connectivity index (χ0n) is 60.0. The second-order valence-electron chi connectivity index (χ2n) is 26.8. The number of aliphatic carboxylic acids is 1. The van der Waals surface area contributed by atoms with Crippen LogP contribution in [-0.2, 0) is 78.3 Å². The molecule has 20 N–H and O–H groups in total. The highest BCUT2D eigenvalue weighted by Crippen LogP contribution is 2.28. The Kier molecular flexibility index (Phi) is 35.5. The van der Waals surface area contributed by atoms with Gasteiger partial charge in [-0.2, -0.15) is 25.3 Å². The molecule has 0 aliphatic carbocycles. The van der Waals surface area contributed by atoms with Gasteiger partial charge in [0.25, 0.3) is 0 Å². The SMILES string of the molecule is CC[C@H](C)[C@@H]1NC(=O)[C@@H]2CCCN2C(=O)[C@@H]2CCCN2C(=O)[C@H]([C@@H](C)CC)NC(=O)[C@H](CO)NC(=O)[C@H](CCCCN)NC(=O)[C@H]([C@@H](C)O)NC(=O)[C@H](CS)NC(=O)[C@H](CCCN=C(N)N)NC(=O)CNC(=O)[C@H](CC(=O)O)NC(=O)[C@@H]2CCCN2C(=O)[C@H](Cc2ccccc2)NC(=O)[C@H](CS)NC1=O. The van der Waals surface area contributed by atoms with Crippen molar-refractivity contribution in [2.24, 2.45) is 34.0 Å². The number of nitrogens with one attached hydrogen (secondary N) is 11. The van der Waals surface area contributed by atoms with Crippen molar-refractivity contribution in [3.05, 3.63) is 35.9 Å². The van der Waals surface area contributed by atoms with Crippen molar-refractivity contribution in [2.75, 3.05) is 57.4 Å². The van der Waals surface area contributed by atoms with Crippen LogP contribution in [0.15, 0.2) is 35.3 Å². The fraction of sp³-hybridized carbons (Fsp3) is 0.672. The molecule has 4 saturated heterocycles. The van der Waals surface area contributed by atoms with Gasteiger partial charge in [0, 0.05) is 44.1 Å². The zero-order chi connectivity index (χ0) is 77.8. The molecule has 0 unspecified atom stereocenters. The smallest absolute Gasteiger partial charge is 0.305 e. The number of aliphatic imine (C=N–C) groups is 1. The lowest BCUT2D eigenvalue weighted by Gasteiger charge is -2.35. The number of fused-ring (bicyclic) bond motifs is 3. The topological polar surface area (TPSA) is 549 Å². The maximum absolute atomic E-state index is 14.9. The summed E-state index contributed by atoms with van der Waals surface area (Å²) < 4.78 is 0. The van der Waals surface area contributed by atoms with Crippen molar-refractivity contribution in [1.82, 2.24) is 73.2 Å². The second kappa shape index (κ2) is 42.9. The lowest BCUT2D eigenvalue weighted by atomic mass is 9.96. The van der Waals surface area contributed by atoms with Gasteiger partial charge in [-0.1, -0.05) is 70.9 Å². The largest absolute Gasteiger partial charge is 0.481 e. The van der Waals surface area contributed by atoms with Crippen LogP contribution in [0.4, 0.5) is 0 Å². The van der Waals surface area contributed by atoms with Crippen molar-refractivity contribution in [1.29, 1.82) is 0 Å². The molecule has 16 atom stereocenters. The third-order valence-corrected chi connectivity index (χ3v) is 19.8. The van der Waals surface area contributed by atoms with Crippen LogP contribution >= 0.6 is 25.3 Å². The maximum Gasteiger partial charge on any atom is 0.305 e. The summed E-state index contributed by atoms with van der Waals surface area (Å²) in [4.78, 5) is 220. The number of hydrogen-bond donors (Lipinski definition) is 19. The molecule has 0 bridgehead atoms. The maximum atomic E-state index is 14.9. The number of carboxylic acid groups (broad SMARTS) is 1. The number of carbonyl (C=O) groups excluding carboxylic acids is 14. The average molecular weight is 1520 g/mol. The van der Waals surface area contributed by atoms with Crippen molar-refractivity contribution < 1.29 is 87.2 Å². The normalized spacial score (nSPS) is 27.9. The highest BCUT2D eigenvalue weighted by molar-refractivity contribution is 7.80. The Balaban J connectivity index is 1.53. The van der Waals surface area contributed by atoms with Gasteiger partial charge in [-0.05, 0) is 101 Å². The number of thiol groups is 2. The van der Waals surface area contributed by atoms with Gasteiger partial charge in [0.2, 0.25) is 82.7 Å². The lowest BCUT2D eigenvalue weighted by Crippen LogP contribution is -2.63. The number of guanidine groups is 1. The number of nitrogens with two attached hydrogens (primary N) is 3. The third kappa shape index (κ3) is 25.4. The predicted molar refractivity (Wildman–Crippen MR) is 387 cm³/mol. The summed E-state index contributed by atoms with van der Waals surface area (Å²) in [5.41, 5.74) is 17.3. The summed E-state index contributed by atoms with van der Waals surface area (Å²) in [6, 6.07) is -10.7. The average Bonchev–Trinajstić information content (AvgIpc) is 1.50. The van der Waals surface area contributed by atoms with Crippen LogP contribution in [0.2, 0.25) is 0 Å². The highest BCUT2D eigenvalue weighted by Gasteiger charge is 2.47. The Morgan fingerprint density at radius 2 is 0.971 bits per heavy atom. The number of carbonyl (C=O) groups is 15. The number of aliphatic hydroxyl groups excluding tert-OH is 2. The molecule has 1 aromatic rings.